The molecule has 0 bridgehead atoms. The summed E-state index contributed by atoms with van der Waals surface area (Å²) in [5.74, 6) is -1.77. The third-order valence-electron chi connectivity index (χ3n) is 2.46. The van der Waals surface area contributed by atoms with Crippen molar-refractivity contribution in [3.05, 3.63) is 34.4 Å². The Kier molecular flexibility index (Phi) is 3.19. The molecule has 0 saturated carbocycles. The fourth-order valence-electron chi connectivity index (χ4n) is 1.68. The first kappa shape index (κ1) is 10.8. The van der Waals surface area contributed by atoms with Gasteiger partial charge in [0.05, 0.1) is 0 Å². The molecule has 0 spiro atoms. The lowest BCUT2D eigenvalue weighted by Crippen LogP contribution is -2.42. The molecule has 1 aromatic rings. The fraction of sp³-hybridized carbons (Fsp3) is 0.400. The van der Waals surface area contributed by atoms with Crippen molar-refractivity contribution in [3.8, 4) is 0 Å². The van der Waals surface area contributed by atoms with E-state index in [9.17, 15) is 8.78 Å². The minimum Gasteiger partial charge on any atom is -0.314 e. The van der Waals surface area contributed by atoms with Crippen molar-refractivity contribution in [1.29, 1.82) is 0 Å². The van der Waals surface area contributed by atoms with E-state index in [0.717, 1.165) is 25.2 Å². The second kappa shape index (κ2) is 4.43. The molecule has 1 aromatic carbocycles. The fourth-order valence-corrected chi connectivity index (χ4v) is 1.96. The minimum atomic E-state index is -0.910. The van der Waals surface area contributed by atoms with Gasteiger partial charge in [-0.25, -0.2) is 8.78 Å². The lowest BCUT2D eigenvalue weighted by atomic mass is 10.1. The van der Waals surface area contributed by atoms with Gasteiger partial charge in [0.15, 0.2) is 11.6 Å². The third-order valence-corrected chi connectivity index (χ3v) is 2.78. The van der Waals surface area contributed by atoms with Gasteiger partial charge in [0.25, 0.3) is 0 Å². The Morgan fingerprint density at radius 1 is 1.20 bits per heavy atom. The van der Waals surface area contributed by atoms with E-state index in [-0.39, 0.29) is 11.1 Å². The van der Waals surface area contributed by atoms with Crippen LogP contribution in [0.1, 0.15) is 11.6 Å². The van der Waals surface area contributed by atoms with E-state index in [1.165, 1.54) is 0 Å². The molecule has 0 amide bonds. The van der Waals surface area contributed by atoms with Crippen molar-refractivity contribution in [1.82, 2.24) is 10.6 Å². The minimum absolute atomic E-state index is 0.0543. The average molecular weight is 233 g/mol. The summed E-state index contributed by atoms with van der Waals surface area (Å²) in [6.45, 7) is 2.34. The van der Waals surface area contributed by atoms with Crippen LogP contribution in [0.25, 0.3) is 0 Å². The van der Waals surface area contributed by atoms with Crippen molar-refractivity contribution in [2.75, 3.05) is 19.6 Å². The van der Waals surface area contributed by atoms with Crippen molar-refractivity contribution < 1.29 is 8.78 Å². The average Bonchev–Trinajstić information content (AvgIpc) is 2.25. The molecule has 0 unspecified atom stereocenters. The Morgan fingerprint density at radius 2 is 1.93 bits per heavy atom. The molecule has 1 atom stereocenters. The first-order valence-electron chi connectivity index (χ1n) is 4.77. The maximum absolute atomic E-state index is 13.0. The molecule has 1 aliphatic heterocycles. The molecular formula is C10H11ClF2N2. The van der Waals surface area contributed by atoms with E-state index >= 15 is 0 Å². The van der Waals surface area contributed by atoms with Crippen molar-refractivity contribution >= 4 is 11.6 Å². The molecule has 15 heavy (non-hydrogen) atoms. The predicted molar refractivity (Wildman–Crippen MR) is 55.0 cm³/mol. The third kappa shape index (κ3) is 2.27. The largest absolute Gasteiger partial charge is 0.314 e. The molecule has 2 rings (SSSR count). The second-order valence-corrected chi connectivity index (χ2v) is 3.91. The molecule has 5 heteroatoms. The molecule has 82 valence electrons. The Labute approximate surface area is 91.6 Å². The lowest BCUT2D eigenvalue weighted by molar-refractivity contribution is 0.426. The van der Waals surface area contributed by atoms with Gasteiger partial charge in [-0.1, -0.05) is 11.6 Å². The SMILES string of the molecule is Fc1cc(Cl)c([C@H]2CNCCN2)cc1F. The van der Waals surface area contributed by atoms with Crippen LogP contribution in [0.5, 0.6) is 0 Å². The quantitative estimate of drug-likeness (QED) is 0.723. The zero-order chi connectivity index (χ0) is 10.8. The number of hydrogen-bond donors (Lipinski definition) is 2. The van der Waals surface area contributed by atoms with E-state index in [1.807, 2.05) is 0 Å². The molecular weight excluding hydrogens is 222 g/mol. The van der Waals surface area contributed by atoms with Crippen LogP contribution in [-0.4, -0.2) is 19.6 Å². The topological polar surface area (TPSA) is 24.1 Å². The van der Waals surface area contributed by atoms with Crippen LogP contribution in [0, 0.1) is 11.6 Å². The van der Waals surface area contributed by atoms with Gasteiger partial charge >= 0.3 is 0 Å². The molecule has 1 heterocycles. The van der Waals surface area contributed by atoms with E-state index in [0.29, 0.717) is 12.1 Å². The molecule has 0 aromatic heterocycles. The van der Waals surface area contributed by atoms with E-state index < -0.39 is 11.6 Å². The highest BCUT2D eigenvalue weighted by Crippen LogP contribution is 2.26. The summed E-state index contributed by atoms with van der Waals surface area (Å²) in [7, 11) is 0. The van der Waals surface area contributed by atoms with Crippen LogP contribution in [-0.2, 0) is 0 Å². The number of halogens is 3. The molecule has 2 N–H and O–H groups in total. The summed E-state index contributed by atoms with van der Waals surface area (Å²) in [5, 5.41) is 6.60. The van der Waals surface area contributed by atoms with Crippen LogP contribution >= 0.6 is 11.6 Å². The van der Waals surface area contributed by atoms with E-state index in [1.54, 1.807) is 0 Å². The first-order valence-corrected chi connectivity index (χ1v) is 5.15. The monoisotopic (exact) mass is 232 g/mol. The molecule has 0 aliphatic carbocycles. The van der Waals surface area contributed by atoms with Crippen molar-refractivity contribution in [2.24, 2.45) is 0 Å². The summed E-state index contributed by atoms with van der Waals surface area (Å²) in [5.41, 5.74) is 0.600. The summed E-state index contributed by atoms with van der Waals surface area (Å²) < 4.78 is 25.9. The molecule has 1 saturated heterocycles. The maximum Gasteiger partial charge on any atom is 0.160 e. The van der Waals surface area contributed by atoms with E-state index in [2.05, 4.69) is 10.6 Å². The summed E-state index contributed by atoms with van der Waals surface area (Å²) in [6, 6.07) is 2.12. The van der Waals surface area contributed by atoms with Crippen LogP contribution in [0.4, 0.5) is 8.78 Å². The lowest BCUT2D eigenvalue weighted by Gasteiger charge is -2.25. The predicted octanol–water partition coefficient (Wildman–Crippen LogP) is 1.85. The van der Waals surface area contributed by atoms with Gasteiger partial charge in [-0.2, -0.15) is 0 Å². The van der Waals surface area contributed by atoms with Crippen LogP contribution in [0.15, 0.2) is 12.1 Å². The van der Waals surface area contributed by atoms with Gasteiger partial charge in [0.1, 0.15) is 0 Å². The number of benzene rings is 1. The Morgan fingerprint density at radius 3 is 2.60 bits per heavy atom. The molecule has 0 radical (unpaired) electrons. The van der Waals surface area contributed by atoms with Gasteiger partial charge < -0.3 is 10.6 Å². The number of piperazine rings is 1. The summed E-state index contributed by atoms with van der Waals surface area (Å²) in [4.78, 5) is 0. The van der Waals surface area contributed by atoms with Gasteiger partial charge in [0.2, 0.25) is 0 Å². The highest BCUT2D eigenvalue weighted by molar-refractivity contribution is 6.31. The maximum atomic E-state index is 13.0. The van der Waals surface area contributed by atoms with Gasteiger partial charge in [-0.15, -0.1) is 0 Å². The first-order chi connectivity index (χ1) is 7.18. The zero-order valence-corrected chi connectivity index (χ0v) is 8.74. The Bertz CT molecular complexity index is 365. The van der Waals surface area contributed by atoms with Crippen LogP contribution in [0.2, 0.25) is 5.02 Å². The standard InChI is InChI=1S/C10H11ClF2N2/c11-7-4-9(13)8(12)3-6(7)10-5-14-1-2-15-10/h3-4,10,14-15H,1-2,5H2/t10-/m1/s1. The van der Waals surface area contributed by atoms with Crippen molar-refractivity contribution in [2.45, 2.75) is 6.04 Å². The van der Waals surface area contributed by atoms with E-state index in [4.69, 9.17) is 11.6 Å². The number of rotatable bonds is 1. The zero-order valence-electron chi connectivity index (χ0n) is 7.99. The Balaban J connectivity index is 2.30. The Hall–Kier alpha value is -0.710. The second-order valence-electron chi connectivity index (χ2n) is 3.50. The molecule has 2 nitrogen and oxygen atoms in total. The highest BCUT2D eigenvalue weighted by atomic mass is 35.5. The number of hydrogen-bond acceptors (Lipinski definition) is 2. The van der Waals surface area contributed by atoms with Crippen molar-refractivity contribution in [3.63, 3.8) is 0 Å². The molecule has 1 aliphatic rings. The smallest absolute Gasteiger partial charge is 0.160 e. The molecule has 1 fully saturated rings. The highest BCUT2D eigenvalue weighted by Gasteiger charge is 2.19. The number of nitrogens with one attached hydrogen (secondary N) is 2. The van der Waals surface area contributed by atoms with Gasteiger partial charge in [-0.3, -0.25) is 0 Å². The summed E-state index contributed by atoms with van der Waals surface area (Å²) >= 11 is 5.86. The van der Waals surface area contributed by atoms with Gasteiger partial charge in [-0.05, 0) is 17.7 Å². The normalized spacial score (nSPS) is 21.7. The van der Waals surface area contributed by atoms with Crippen LogP contribution in [0.3, 0.4) is 0 Å². The summed E-state index contributed by atoms with van der Waals surface area (Å²) in [6.07, 6.45) is 0. The van der Waals surface area contributed by atoms with Crippen LogP contribution < -0.4 is 10.6 Å². The van der Waals surface area contributed by atoms with Gasteiger partial charge in [0, 0.05) is 30.7 Å².